The van der Waals surface area contributed by atoms with Crippen LogP contribution in [0, 0.1) is 11.3 Å². The molecule has 0 bridgehead atoms. The summed E-state index contributed by atoms with van der Waals surface area (Å²) in [6.45, 7) is 11.7. The number of hydrogen-bond acceptors (Lipinski definition) is 3. The Morgan fingerprint density at radius 1 is 1.20 bits per heavy atom. The summed E-state index contributed by atoms with van der Waals surface area (Å²) in [4.78, 5) is 2.78. The highest BCUT2D eigenvalue weighted by atomic mass is 16.5. The van der Waals surface area contributed by atoms with Crippen molar-refractivity contribution in [2.24, 2.45) is 11.3 Å². The highest BCUT2D eigenvalue weighted by Gasteiger charge is 2.41. The molecule has 3 fully saturated rings. The zero-order valence-electron chi connectivity index (χ0n) is 13.5. The van der Waals surface area contributed by atoms with Crippen LogP contribution >= 0.6 is 0 Å². The predicted molar refractivity (Wildman–Crippen MR) is 82.9 cm³/mol. The Kier molecular flexibility index (Phi) is 4.40. The van der Waals surface area contributed by atoms with Crippen molar-refractivity contribution in [3.8, 4) is 0 Å². The van der Waals surface area contributed by atoms with E-state index in [1.165, 1.54) is 51.7 Å². The van der Waals surface area contributed by atoms with E-state index in [-0.39, 0.29) is 0 Å². The Labute approximate surface area is 124 Å². The molecule has 0 aromatic rings. The number of rotatable bonds is 4. The fraction of sp³-hybridized carbons (Fsp3) is 1.00. The zero-order valence-corrected chi connectivity index (χ0v) is 13.5. The molecule has 1 saturated carbocycles. The van der Waals surface area contributed by atoms with Crippen molar-refractivity contribution in [1.29, 1.82) is 0 Å². The molecule has 3 unspecified atom stereocenters. The average molecular weight is 280 g/mol. The Hall–Kier alpha value is -0.120. The van der Waals surface area contributed by atoms with Crippen LogP contribution in [0.15, 0.2) is 0 Å². The molecule has 2 saturated heterocycles. The molecule has 1 aliphatic carbocycles. The molecular formula is C17H32N2O. The number of hydrogen-bond donors (Lipinski definition) is 1. The topological polar surface area (TPSA) is 24.5 Å². The molecule has 3 rings (SSSR count). The van der Waals surface area contributed by atoms with Crippen LogP contribution in [0.1, 0.15) is 52.9 Å². The van der Waals surface area contributed by atoms with E-state index in [9.17, 15) is 0 Å². The van der Waals surface area contributed by atoms with Gasteiger partial charge in [-0.15, -0.1) is 0 Å². The fourth-order valence-electron chi connectivity index (χ4n) is 3.79. The summed E-state index contributed by atoms with van der Waals surface area (Å²) >= 11 is 0. The number of nitrogens with zero attached hydrogens (tertiary/aromatic N) is 1. The summed E-state index contributed by atoms with van der Waals surface area (Å²) in [7, 11) is 0. The van der Waals surface area contributed by atoms with Gasteiger partial charge in [0.15, 0.2) is 0 Å². The third-order valence-corrected chi connectivity index (χ3v) is 5.43. The van der Waals surface area contributed by atoms with Crippen LogP contribution in [0.2, 0.25) is 0 Å². The molecule has 20 heavy (non-hydrogen) atoms. The van der Waals surface area contributed by atoms with Crippen molar-refractivity contribution in [3.63, 3.8) is 0 Å². The number of piperazine rings is 1. The molecule has 0 amide bonds. The number of ether oxygens (including phenoxy) is 1. The molecule has 3 heteroatoms. The summed E-state index contributed by atoms with van der Waals surface area (Å²) in [6, 6.07) is 1.41. The zero-order chi connectivity index (χ0) is 14.2. The minimum atomic E-state index is 0.358. The van der Waals surface area contributed by atoms with E-state index in [0.29, 0.717) is 17.6 Å². The van der Waals surface area contributed by atoms with Gasteiger partial charge >= 0.3 is 0 Å². The molecule has 2 heterocycles. The van der Waals surface area contributed by atoms with Crippen molar-refractivity contribution in [3.05, 3.63) is 0 Å². The van der Waals surface area contributed by atoms with Crippen LogP contribution < -0.4 is 5.32 Å². The van der Waals surface area contributed by atoms with E-state index in [4.69, 9.17) is 4.74 Å². The Morgan fingerprint density at radius 3 is 2.60 bits per heavy atom. The average Bonchev–Trinajstić information content (AvgIpc) is 3.11. The fourth-order valence-corrected chi connectivity index (χ4v) is 3.79. The Balaban J connectivity index is 1.56. The van der Waals surface area contributed by atoms with Crippen LogP contribution in [-0.4, -0.2) is 49.3 Å². The van der Waals surface area contributed by atoms with Crippen LogP contribution in [0.4, 0.5) is 0 Å². The first-order chi connectivity index (χ1) is 9.54. The summed E-state index contributed by atoms with van der Waals surface area (Å²) in [5, 5.41) is 3.82. The maximum Gasteiger partial charge on any atom is 0.0588 e. The normalized spacial score (nSPS) is 36.5. The van der Waals surface area contributed by atoms with Gasteiger partial charge in [0, 0.05) is 38.3 Å². The Bertz CT molecular complexity index is 315. The molecule has 116 valence electrons. The van der Waals surface area contributed by atoms with Gasteiger partial charge in [-0.2, -0.15) is 0 Å². The Morgan fingerprint density at radius 2 is 2.00 bits per heavy atom. The lowest BCUT2D eigenvalue weighted by molar-refractivity contribution is 0.0482. The molecule has 0 aromatic heterocycles. The molecule has 0 spiro atoms. The quantitative estimate of drug-likeness (QED) is 0.857. The van der Waals surface area contributed by atoms with Gasteiger partial charge in [0.1, 0.15) is 0 Å². The lowest BCUT2D eigenvalue weighted by atomic mass is 9.84. The van der Waals surface area contributed by atoms with E-state index in [1.54, 1.807) is 0 Å². The largest absolute Gasteiger partial charge is 0.378 e. The smallest absolute Gasteiger partial charge is 0.0588 e. The molecule has 3 aliphatic rings. The van der Waals surface area contributed by atoms with Gasteiger partial charge in [-0.3, -0.25) is 4.90 Å². The van der Waals surface area contributed by atoms with Crippen molar-refractivity contribution < 1.29 is 4.74 Å². The van der Waals surface area contributed by atoms with Gasteiger partial charge in [-0.25, -0.2) is 0 Å². The van der Waals surface area contributed by atoms with Crippen LogP contribution in [-0.2, 0) is 4.74 Å². The predicted octanol–water partition coefficient (Wildman–Crippen LogP) is 2.65. The molecule has 0 aromatic carbocycles. The van der Waals surface area contributed by atoms with Gasteiger partial charge in [0.25, 0.3) is 0 Å². The summed E-state index contributed by atoms with van der Waals surface area (Å²) < 4.78 is 5.81. The highest BCUT2D eigenvalue weighted by molar-refractivity contribution is 4.97. The van der Waals surface area contributed by atoms with E-state index < -0.39 is 0 Å². The molecular weight excluding hydrogens is 248 g/mol. The molecule has 3 nitrogen and oxygen atoms in total. The third kappa shape index (κ3) is 3.55. The van der Waals surface area contributed by atoms with Gasteiger partial charge in [0.2, 0.25) is 0 Å². The van der Waals surface area contributed by atoms with Gasteiger partial charge in [-0.1, -0.05) is 20.8 Å². The second-order valence-corrected chi connectivity index (χ2v) is 8.15. The van der Waals surface area contributed by atoms with Crippen molar-refractivity contribution in [1.82, 2.24) is 10.2 Å². The van der Waals surface area contributed by atoms with E-state index in [0.717, 1.165) is 18.6 Å². The molecule has 0 radical (unpaired) electrons. The highest BCUT2D eigenvalue weighted by Crippen LogP contribution is 2.37. The lowest BCUT2D eigenvalue weighted by Crippen LogP contribution is -2.61. The van der Waals surface area contributed by atoms with E-state index >= 15 is 0 Å². The third-order valence-electron chi connectivity index (χ3n) is 5.43. The SMILES string of the molecule is CC(C)(C)C1CN(CCC2CCCO2)C(C2CC2)CN1. The van der Waals surface area contributed by atoms with Gasteiger partial charge in [-0.05, 0) is 43.4 Å². The standard InChI is InChI=1S/C17H32N2O/c1-17(2,3)16-12-19(9-8-14-5-4-10-20-14)15(11-18-16)13-6-7-13/h13-16,18H,4-12H2,1-3H3. The van der Waals surface area contributed by atoms with E-state index in [2.05, 4.69) is 31.0 Å². The lowest BCUT2D eigenvalue weighted by Gasteiger charge is -2.45. The van der Waals surface area contributed by atoms with Crippen molar-refractivity contribution in [2.75, 3.05) is 26.2 Å². The second kappa shape index (κ2) is 5.94. The van der Waals surface area contributed by atoms with Crippen LogP contribution in [0.25, 0.3) is 0 Å². The van der Waals surface area contributed by atoms with Crippen molar-refractivity contribution in [2.45, 2.75) is 71.1 Å². The number of nitrogens with one attached hydrogen (secondary N) is 1. The maximum absolute atomic E-state index is 5.81. The summed E-state index contributed by atoms with van der Waals surface area (Å²) in [5.41, 5.74) is 0.358. The first-order valence-corrected chi connectivity index (χ1v) is 8.63. The van der Waals surface area contributed by atoms with Gasteiger partial charge < -0.3 is 10.1 Å². The van der Waals surface area contributed by atoms with Crippen LogP contribution in [0.5, 0.6) is 0 Å². The summed E-state index contributed by atoms with van der Waals surface area (Å²) in [5.74, 6) is 0.966. The minimum absolute atomic E-state index is 0.358. The van der Waals surface area contributed by atoms with Crippen LogP contribution in [0.3, 0.4) is 0 Å². The monoisotopic (exact) mass is 280 g/mol. The van der Waals surface area contributed by atoms with E-state index in [1.807, 2.05) is 0 Å². The van der Waals surface area contributed by atoms with Crippen molar-refractivity contribution >= 4 is 0 Å². The first kappa shape index (κ1) is 14.8. The summed E-state index contributed by atoms with van der Waals surface area (Å²) in [6.07, 6.45) is 7.22. The van der Waals surface area contributed by atoms with Gasteiger partial charge in [0.05, 0.1) is 6.10 Å². The molecule has 3 atom stereocenters. The molecule has 2 aliphatic heterocycles. The molecule has 1 N–H and O–H groups in total. The maximum atomic E-state index is 5.81. The minimum Gasteiger partial charge on any atom is -0.378 e. The second-order valence-electron chi connectivity index (χ2n) is 8.15. The first-order valence-electron chi connectivity index (χ1n) is 8.63.